The van der Waals surface area contributed by atoms with Gasteiger partial charge in [0.05, 0.1) is 31.2 Å². The lowest BCUT2D eigenvalue weighted by Gasteiger charge is -2.10. The zero-order valence-corrected chi connectivity index (χ0v) is 15.3. The predicted molar refractivity (Wildman–Crippen MR) is 95.4 cm³/mol. The molecule has 2 heterocycles. The maximum Gasteiger partial charge on any atom is 0.346 e. The Hall–Kier alpha value is -3.07. The van der Waals surface area contributed by atoms with Crippen molar-refractivity contribution < 1.29 is 23.5 Å². The van der Waals surface area contributed by atoms with Crippen LogP contribution in [-0.4, -0.2) is 30.3 Å². The fourth-order valence-corrected chi connectivity index (χ4v) is 3.23. The molecule has 0 radical (unpaired) electrons. The van der Waals surface area contributed by atoms with E-state index in [0.717, 1.165) is 10.6 Å². The first kappa shape index (κ1) is 17.7. The number of thiazole rings is 1. The number of hydrogen-bond acceptors (Lipinski definition) is 9. The van der Waals surface area contributed by atoms with Gasteiger partial charge in [0.15, 0.2) is 11.5 Å². The monoisotopic (exact) mass is 375 g/mol. The number of nitrogen functional groups attached to an aromatic ring is 1. The number of anilines is 1. The van der Waals surface area contributed by atoms with Gasteiger partial charge in [-0.1, -0.05) is 11.2 Å². The van der Waals surface area contributed by atoms with Gasteiger partial charge in [-0.15, -0.1) is 11.3 Å². The number of carbonyl (C=O) groups excluding carboxylic acids is 1. The molecule has 3 rings (SSSR count). The van der Waals surface area contributed by atoms with Gasteiger partial charge in [-0.3, -0.25) is 0 Å². The highest BCUT2D eigenvalue weighted by Crippen LogP contribution is 2.39. The molecule has 3 aromatic rings. The van der Waals surface area contributed by atoms with Gasteiger partial charge >= 0.3 is 5.97 Å². The van der Waals surface area contributed by atoms with E-state index in [-0.39, 0.29) is 18.1 Å². The smallest absolute Gasteiger partial charge is 0.346 e. The maximum atomic E-state index is 12.1. The maximum absolute atomic E-state index is 12.1. The Morgan fingerprint density at radius 1 is 1.31 bits per heavy atom. The zero-order chi connectivity index (χ0) is 18.7. The average Bonchev–Trinajstić information content (AvgIpc) is 3.25. The summed E-state index contributed by atoms with van der Waals surface area (Å²) in [4.78, 5) is 16.6. The van der Waals surface area contributed by atoms with Crippen LogP contribution in [0.25, 0.3) is 10.6 Å². The molecule has 0 saturated carbocycles. The molecule has 2 N–H and O–H groups in total. The number of aromatic nitrogens is 2. The van der Waals surface area contributed by atoms with Crippen LogP contribution in [0.3, 0.4) is 0 Å². The molecule has 0 fully saturated rings. The van der Waals surface area contributed by atoms with Crippen LogP contribution in [0.15, 0.2) is 28.1 Å². The van der Waals surface area contributed by atoms with Crippen LogP contribution in [0.4, 0.5) is 5.88 Å². The third kappa shape index (κ3) is 3.33. The summed E-state index contributed by atoms with van der Waals surface area (Å²) in [6.45, 7) is 1.62. The van der Waals surface area contributed by atoms with Crippen molar-refractivity contribution in [3.8, 4) is 22.1 Å². The number of methoxy groups -OCH3 is 2. The van der Waals surface area contributed by atoms with Gasteiger partial charge in [-0.2, -0.15) is 0 Å². The average molecular weight is 375 g/mol. The number of carbonyl (C=O) groups is 1. The minimum absolute atomic E-state index is 0.00563. The molecule has 0 aliphatic heterocycles. The van der Waals surface area contributed by atoms with Gasteiger partial charge in [-0.25, -0.2) is 9.78 Å². The fraction of sp³-hybridized carbons (Fsp3) is 0.235. The van der Waals surface area contributed by atoms with Crippen LogP contribution in [0.1, 0.15) is 21.7 Å². The van der Waals surface area contributed by atoms with Gasteiger partial charge in [0.2, 0.25) is 5.88 Å². The third-order valence-corrected chi connectivity index (χ3v) is 4.55. The molecule has 0 bridgehead atoms. The molecular weight excluding hydrogens is 358 g/mol. The van der Waals surface area contributed by atoms with E-state index in [9.17, 15) is 4.79 Å². The first-order valence-electron chi connectivity index (χ1n) is 7.59. The molecule has 0 aliphatic rings. The standard InChI is InChI=1S/C17H17N3O5S/c1-9-13(15(18)25-20-9)17(21)24-7-10-8-26-16(19-10)11-5-4-6-12(22-2)14(11)23-3/h4-6,8H,7,18H2,1-3H3. The molecule has 1 aromatic carbocycles. The van der Waals surface area contributed by atoms with Crippen LogP contribution >= 0.6 is 11.3 Å². The number of esters is 1. The SMILES string of the molecule is COc1cccc(-c2nc(COC(=O)c3c(C)noc3N)cs2)c1OC. The second kappa shape index (κ2) is 7.44. The molecule has 0 atom stereocenters. The molecule has 8 nitrogen and oxygen atoms in total. The van der Waals surface area contributed by atoms with Crippen LogP contribution < -0.4 is 15.2 Å². The van der Waals surface area contributed by atoms with E-state index >= 15 is 0 Å². The second-order valence-electron chi connectivity index (χ2n) is 5.27. The van der Waals surface area contributed by atoms with Gasteiger partial charge in [0, 0.05) is 5.38 Å². The molecule has 0 aliphatic carbocycles. The van der Waals surface area contributed by atoms with Crippen molar-refractivity contribution in [1.82, 2.24) is 10.1 Å². The summed E-state index contributed by atoms with van der Waals surface area (Å²) in [6.07, 6.45) is 0. The summed E-state index contributed by atoms with van der Waals surface area (Å²) in [5.41, 5.74) is 7.50. The van der Waals surface area contributed by atoms with E-state index in [1.807, 2.05) is 23.6 Å². The van der Waals surface area contributed by atoms with E-state index in [1.54, 1.807) is 21.1 Å². The van der Waals surface area contributed by atoms with Crippen molar-refractivity contribution in [2.24, 2.45) is 0 Å². The molecule has 136 valence electrons. The second-order valence-corrected chi connectivity index (χ2v) is 6.13. The Balaban J connectivity index is 1.76. The fourth-order valence-electron chi connectivity index (χ4n) is 2.40. The highest BCUT2D eigenvalue weighted by atomic mass is 32.1. The molecule has 0 spiro atoms. The quantitative estimate of drug-likeness (QED) is 0.655. The largest absolute Gasteiger partial charge is 0.493 e. The minimum Gasteiger partial charge on any atom is -0.493 e. The first-order chi connectivity index (χ1) is 12.5. The number of para-hydroxylation sites is 1. The number of nitrogens with zero attached hydrogens (tertiary/aromatic N) is 2. The van der Waals surface area contributed by atoms with Crippen molar-refractivity contribution in [2.75, 3.05) is 20.0 Å². The lowest BCUT2D eigenvalue weighted by atomic mass is 10.2. The summed E-state index contributed by atoms with van der Waals surface area (Å²) < 4.78 is 20.8. The van der Waals surface area contributed by atoms with Gasteiger partial charge in [0.25, 0.3) is 0 Å². The van der Waals surface area contributed by atoms with E-state index < -0.39 is 5.97 Å². The van der Waals surface area contributed by atoms with Crippen LogP contribution in [-0.2, 0) is 11.3 Å². The van der Waals surface area contributed by atoms with Crippen molar-refractivity contribution in [1.29, 1.82) is 0 Å². The first-order valence-corrected chi connectivity index (χ1v) is 8.47. The molecule has 0 amide bonds. The molecule has 0 saturated heterocycles. The minimum atomic E-state index is -0.602. The topological polar surface area (TPSA) is 110 Å². The number of benzene rings is 1. The number of aryl methyl sites for hydroxylation is 1. The van der Waals surface area contributed by atoms with E-state index in [2.05, 4.69) is 10.1 Å². The number of nitrogens with two attached hydrogens (primary N) is 1. The highest BCUT2D eigenvalue weighted by molar-refractivity contribution is 7.13. The lowest BCUT2D eigenvalue weighted by Crippen LogP contribution is -2.08. The van der Waals surface area contributed by atoms with Crippen LogP contribution in [0.5, 0.6) is 11.5 Å². The Bertz CT molecular complexity index is 915. The summed E-state index contributed by atoms with van der Waals surface area (Å²) in [6, 6.07) is 5.55. The molecule has 9 heteroatoms. The van der Waals surface area contributed by atoms with Crippen LogP contribution in [0.2, 0.25) is 0 Å². The van der Waals surface area contributed by atoms with Crippen molar-refractivity contribution in [2.45, 2.75) is 13.5 Å². The summed E-state index contributed by atoms with van der Waals surface area (Å²) in [5, 5.41) is 6.17. The van der Waals surface area contributed by atoms with E-state index in [0.29, 0.717) is 22.9 Å². The lowest BCUT2D eigenvalue weighted by molar-refractivity contribution is 0.0468. The Morgan fingerprint density at radius 3 is 2.77 bits per heavy atom. The van der Waals surface area contributed by atoms with E-state index in [4.69, 9.17) is 24.5 Å². The van der Waals surface area contributed by atoms with Crippen molar-refractivity contribution in [3.63, 3.8) is 0 Å². The normalized spacial score (nSPS) is 10.6. The summed E-state index contributed by atoms with van der Waals surface area (Å²) in [7, 11) is 3.15. The third-order valence-electron chi connectivity index (χ3n) is 3.63. The van der Waals surface area contributed by atoms with Crippen molar-refractivity contribution in [3.05, 3.63) is 40.5 Å². The number of rotatable bonds is 6. The molecule has 26 heavy (non-hydrogen) atoms. The summed E-state index contributed by atoms with van der Waals surface area (Å²) in [5.74, 6) is 0.551. The van der Waals surface area contributed by atoms with Gasteiger partial charge in [0.1, 0.15) is 17.2 Å². The zero-order valence-electron chi connectivity index (χ0n) is 14.4. The Kier molecular flexibility index (Phi) is 5.08. The van der Waals surface area contributed by atoms with Gasteiger partial charge < -0.3 is 24.5 Å². The van der Waals surface area contributed by atoms with Crippen molar-refractivity contribution >= 4 is 23.2 Å². The van der Waals surface area contributed by atoms with Crippen LogP contribution in [0, 0.1) is 6.92 Å². The molecule has 0 unspecified atom stereocenters. The van der Waals surface area contributed by atoms with Gasteiger partial charge in [-0.05, 0) is 19.1 Å². The highest BCUT2D eigenvalue weighted by Gasteiger charge is 2.21. The summed E-state index contributed by atoms with van der Waals surface area (Å²) >= 11 is 1.41. The number of hydrogen-bond donors (Lipinski definition) is 1. The Morgan fingerprint density at radius 2 is 2.12 bits per heavy atom. The number of ether oxygens (including phenoxy) is 3. The Labute approximate surface area is 153 Å². The molecular formula is C17H17N3O5S. The van der Waals surface area contributed by atoms with E-state index in [1.165, 1.54) is 11.3 Å². The predicted octanol–water partition coefficient (Wildman–Crippen LogP) is 3.06. The molecule has 2 aromatic heterocycles.